The Balaban J connectivity index is 1.41. The van der Waals surface area contributed by atoms with Crippen molar-refractivity contribution in [2.45, 2.75) is 53.4 Å². The van der Waals surface area contributed by atoms with Gasteiger partial charge in [0, 0.05) is 21.7 Å². The monoisotopic (exact) mass is 528 g/mol. The highest BCUT2D eigenvalue weighted by atomic mass is 16.5. The molecule has 4 saturated heterocycles. The summed E-state index contributed by atoms with van der Waals surface area (Å²) >= 11 is 0. The van der Waals surface area contributed by atoms with Gasteiger partial charge in [-0.1, -0.05) is 27.7 Å². The van der Waals surface area contributed by atoms with E-state index in [9.17, 15) is 0 Å². The third-order valence-electron chi connectivity index (χ3n) is 9.53. The number of ether oxygens (including phenoxy) is 8. The van der Waals surface area contributed by atoms with Crippen molar-refractivity contribution in [1.29, 1.82) is 0 Å². The lowest BCUT2D eigenvalue weighted by atomic mass is 9.83. The van der Waals surface area contributed by atoms with E-state index < -0.39 is 5.41 Å². The fourth-order valence-electron chi connectivity index (χ4n) is 5.31. The highest BCUT2D eigenvalue weighted by Gasteiger charge is 2.44. The molecule has 0 amide bonds. The van der Waals surface area contributed by atoms with Gasteiger partial charge in [0.25, 0.3) is 0 Å². The molecule has 0 radical (unpaired) electrons. The Bertz CT molecular complexity index is 542. The van der Waals surface area contributed by atoms with Crippen LogP contribution in [-0.4, -0.2) is 106 Å². The van der Waals surface area contributed by atoms with Crippen LogP contribution in [0, 0.1) is 27.1 Å². The van der Waals surface area contributed by atoms with E-state index in [-0.39, 0.29) is 21.7 Å². The predicted octanol–water partition coefficient (Wildman–Crippen LogP) is 3.75. The minimum absolute atomic E-state index is 0.134. The van der Waals surface area contributed by atoms with E-state index in [1.54, 1.807) is 0 Å². The number of rotatable bonds is 20. The molecule has 216 valence electrons. The summed E-state index contributed by atoms with van der Waals surface area (Å²) in [6.07, 6.45) is 4.22. The summed E-state index contributed by atoms with van der Waals surface area (Å²) in [5.74, 6) is 0. The van der Waals surface area contributed by atoms with E-state index in [2.05, 4.69) is 27.7 Å². The first-order valence-electron chi connectivity index (χ1n) is 14.5. The quantitative estimate of drug-likeness (QED) is 0.237. The summed E-state index contributed by atoms with van der Waals surface area (Å²) in [7, 11) is 0. The lowest BCUT2D eigenvalue weighted by Crippen LogP contribution is -2.51. The molecule has 0 aliphatic carbocycles. The van der Waals surface area contributed by atoms with E-state index in [1.807, 2.05) is 0 Å². The average Bonchev–Trinajstić information content (AvgIpc) is 2.81. The molecule has 0 saturated carbocycles. The minimum Gasteiger partial charge on any atom is -0.380 e. The van der Waals surface area contributed by atoms with Crippen molar-refractivity contribution in [3.8, 4) is 0 Å². The molecule has 0 unspecified atom stereocenters. The van der Waals surface area contributed by atoms with Crippen molar-refractivity contribution >= 4 is 0 Å². The normalized spacial score (nSPS) is 25.0. The largest absolute Gasteiger partial charge is 0.380 e. The first kappa shape index (κ1) is 29.7. The summed E-state index contributed by atoms with van der Waals surface area (Å²) in [6.45, 7) is 20.0. The molecule has 4 heterocycles. The molecule has 8 heteroatoms. The molecule has 4 aliphatic heterocycles. The molecule has 0 atom stereocenters. The van der Waals surface area contributed by atoms with Crippen molar-refractivity contribution in [3.05, 3.63) is 0 Å². The van der Waals surface area contributed by atoms with E-state index in [0.29, 0.717) is 52.9 Å². The smallest absolute Gasteiger partial charge is 0.0637 e. The van der Waals surface area contributed by atoms with Crippen LogP contribution in [0.25, 0.3) is 0 Å². The van der Waals surface area contributed by atoms with Crippen molar-refractivity contribution in [2.75, 3.05) is 106 Å². The van der Waals surface area contributed by atoms with Gasteiger partial charge in [0.2, 0.25) is 0 Å². The lowest BCUT2D eigenvalue weighted by Gasteiger charge is -2.44. The Morgan fingerprint density at radius 1 is 0.432 bits per heavy atom. The van der Waals surface area contributed by atoms with Gasteiger partial charge in [0.1, 0.15) is 0 Å². The van der Waals surface area contributed by atoms with Crippen LogP contribution >= 0.6 is 0 Å². The Morgan fingerprint density at radius 3 is 0.784 bits per heavy atom. The Hall–Kier alpha value is -0.320. The second-order valence-corrected chi connectivity index (χ2v) is 12.9. The first-order valence-corrected chi connectivity index (χ1v) is 14.5. The van der Waals surface area contributed by atoms with Crippen LogP contribution < -0.4 is 0 Å². The van der Waals surface area contributed by atoms with Crippen LogP contribution in [0.3, 0.4) is 0 Å². The van der Waals surface area contributed by atoms with Crippen LogP contribution in [0.2, 0.25) is 0 Å². The molecule has 0 aromatic rings. The summed E-state index contributed by atoms with van der Waals surface area (Å²) in [6, 6.07) is 0. The molecule has 0 N–H and O–H groups in total. The van der Waals surface area contributed by atoms with Gasteiger partial charge in [-0.3, -0.25) is 0 Å². The second-order valence-electron chi connectivity index (χ2n) is 12.9. The van der Waals surface area contributed by atoms with Gasteiger partial charge in [0.15, 0.2) is 0 Å². The highest BCUT2D eigenvalue weighted by molar-refractivity contribution is 4.90. The van der Waals surface area contributed by atoms with Crippen LogP contribution in [-0.2, 0) is 37.9 Å². The van der Waals surface area contributed by atoms with Crippen molar-refractivity contribution in [1.82, 2.24) is 0 Å². The van der Waals surface area contributed by atoms with Crippen LogP contribution in [0.1, 0.15) is 53.4 Å². The molecule has 0 aromatic carbocycles. The van der Waals surface area contributed by atoms with E-state index >= 15 is 0 Å². The zero-order valence-electron chi connectivity index (χ0n) is 23.9. The van der Waals surface area contributed by atoms with E-state index in [1.165, 1.54) is 0 Å². The van der Waals surface area contributed by atoms with E-state index in [0.717, 1.165) is 78.5 Å². The molecule has 0 aromatic heterocycles. The van der Waals surface area contributed by atoms with Gasteiger partial charge in [-0.05, 0) is 25.7 Å². The van der Waals surface area contributed by atoms with Crippen molar-refractivity contribution in [2.24, 2.45) is 27.1 Å². The fourth-order valence-corrected chi connectivity index (χ4v) is 5.31. The van der Waals surface area contributed by atoms with E-state index in [4.69, 9.17) is 37.9 Å². The maximum Gasteiger partial charge on any atom is 0.0637 e. The van der Waals surface area contributed by atoms with Gasteiger partial charge >= 0.3 is 0 Å². The van der Waals surface area contributed by atoms with Gasteiger partial charge < -0.3 is 37.9 Å². The second kappa shape index (κ2) is 12.9. The Kier molecular flexibility index (Phi) is 10.3. The third-order valence-corrected chi connectivity index (χ3v) is 9.53. The number of hydrogen-bond donors (Lipinski definition) is 0. The van der Waals surface area contributed by atoms with Gasteiger partial charge in [-0.2, -0.15) is 0 Å². The molecule has 0 bridgehead atoms. The van der Waals surface area contributed by atoms with Crippen molar-refractivity contribution in [3.63, 3.8) is 0 Å². The third kappa shape index (κ3) is 7.07. The minimum atomic E-state index is -0.391. The molecule has 0 spiro atoms. The summed E-state index contributed by atoms with van der Waals surface area (Å²) in [5, 5.41) is 0. The zero-order chi connectivity index (χ0) is 26.3. The maximum absolute atomic E-state index is 6.45. The molecule has 4 rings (SSSR count). The molecular formula is C29H52O8. The Morgan fingerprint density at radius 2 is 0.649 bits per heavy atom. The van der Waals surface area contributed by atoms with Gasteiger partial charge in [-0.25, -0.2) is 0 Å². The first-order chi connectivity index (χ1) is 17.9. The van der Waals surface area contributed by atoms with Gasteiger partial charge in [-0.15, -0.1) is 0 Å². The van der Waals surface area contributed by atoms with Crippen LogP contribution in [0.15, 0.2) is 0 Å². The summed E-state index contributed by atoms with van der Waals surface area (Å²) in [5.41, 5.74) is 0.145. The standard InChI is InChI=1S/C29H52O8/c1-5-25(9-30-10-25)17-34-21-29(22-35-18-26(6-2)11-31-12-26,23-36-19-27(7-3)13-32-14-27)24-37-20-28(8-4)15-33-16-28/h5-24H2,1-4H3. The summed E-state index contributed by atoms with van der Waals surface area (Å²) in [4.78, 5) is 0. The topological polar surface area (TPSA) is 73.8 Å². The predicted molar refractivity (Wildman–Crippen MR) is 140 cm³/mol. The molecule has 4 fully saturated rings. The molecular weight excluding hydrogens is 476 g/mol. The number of hydrogen-bond acceptors (Lipinski definition) is 8. The van der Waals surface area contributed by atoms with Gasteiger partial charge in [0.05, 0.1) is 111 Å². The molecule has 37 heavy (non-hydrogen) atoms. The zero-order valence-corrected chi connectivity index (χ0v) is 23.9. The highest BCUT2D eigenvalue weighted by Crippen LogP contribution is 2.37. The van der Waals surface area contributed by atoms with Crippen LogP contribution in [0.5, 0.6) is 0 Å². The van der Waals surface area contributed by atoms with Crippen molar-refractivity contribution < 1.29 is 37.9 Å². The fraction of sp³-hybridized carbons (Fsp3) is 1.00. The SMILES string of the molecule is CCC1(COCC(COCC2(CC)COC2)(COCC2(CC)COC2)COCC2(CC)COC2)COC1. The molecule has 8 nitrogen and oxygen atoms in total. The average molecular weight is 529 g/mol. The van der Waals surface area contributed by atoms with Crippen LogP contribution in [0.4, 0.5) is 0 Å². The lowest BCUT2D eigenvalue weighted by molar-refractivity contribution is -0.202. The maximum atomic E-state index is 6.45. The Labute approximate surface area is 224 Å². The summed E-state index contributed by atoms with van der Waals surface area (Å²) < 4.78 is 47.9. The molecule has 4 aliphatic rings.